The predicted molar refractivity (Wildman–Crippen MR) is 127 cm³/mol. The first-order valence-corrected chi connectivity index (χ1v) is 11.4. The molecule has 0 aromatic carbocycles. The van der Waals surface area contributed by atoms with Gasteiger partial charge in [-0.05, 0) is 44.7 Å². The van der Waals surface area contributed by atoms with Crippen LogP contribution >= 0.6 is 0 Å². The molecule has 1 amide bonds. The third kappa shape index (κ3) is 3.61. The molecule has 34 heavy (non-hydrogen) atoms. The monoisotopic (exact) mass is 467 g/mol. The molecule has 0 saturated heterocycles. The lowest BCUT2D eigenvalue weighted by Gasteiger charge is -2.45. The summed E-state index contributed by atoms with van der Waals surface area (Å²) in [7, 11) is 3.39. The third-order valence-electron chi connectivity index (χ3n) is 7.21. The lowest BCUT2D eigenvalue weighted by Crippen LogP contribution is -2.59. The lowest BCUT2D eigenvalue weighted by molar-refractivity contribution is -0.0828. The molecule has 3 heterocycles. The summed E-state index contributed by atoms with van der Waals surface area (Å²) in [6, 6.07) is 4.84. The first kappa shape index (κ1) is 22.4. The van der Waals surface area contributed by atoms with Crippen molar-refractivity contribution in [3.8, 4) is 0 Å². The molecule has 2 saturated carbocycles. The fourth-order valence-electron chi connectivity index (χ4n) is 4.56. The van der Waals surface area contributed by atoms with E-state index in [0.29, 0.717) is 35.0 Å². The Morgan fingerprint density at radius 3 is 2.76 bits per heavy atom. The lowest BCUT2D eigenvalue weighted by atomic mass is 9.76. The molecule has 0 bridgehead atoms. The summed E-state index contributed by atoms with van der Waals surface area (Å²) in [6.45, 7) is 1.98. The average Bonchev–Trinajstić information content (AvgIpc) is 3.26. The molecule has 2 aliphatic carbocycles. The minimum absolute atomic E-state index is 0.0883. The van der Waals surface area contributed by atoms with E-state index in [2.05, 4.69) is 26.0 Å². The number of carbonyl (C=O) groups excluding carboxylic acids is 1. The van der Waals surface area contributed by atoms with Crippen LogP contribution in [0, 0.1) is 0 Å². The van der Waals surface area contributed by atoms with E-state index in [1.807, 2.05) is 6.92 Å². The predicted octanol–water partition coefficient (Wildman–Crippen LogP) is 1.67. The van der Waals surface area contributed by atoms with Crippen molar-refractivity contribution in [2.75, 3.05) is 24.8 Å². The number of nitrogens with one attached hydrogen (secondary N) is 3. The Kier molecular flexibility index (Phi) is 5.53. The highest BCUT2D eigenvalue weighted by Crippen LogP contribution is 2.35. The topological polar surface area (TPSA) is 135 Å². The summed E-state index contributed by atoms with van der Waals surface area (Å²) in [4.78, 5) is 30.7. The van der Waals surface area contributed by atoms with Crippen LogP contribution in [0.4, 0.5) is 17.3 Å². The van der Waals surface area contributed by atoms with Crippen molar-refractivity contribution in [2.24, 2.45) is 0 Å². The van der Waals surface area contributed by atoms with Gasteiger partial charge in [0.2, 0.25) is 0 Å². The van der Waals surface area contributed by atoms with Crippen LogP contribution in [-0.4, -0.2) is 62.1 Å². The van der Waals surface area contributed by atoms with Crippen LogP contribution in [0.15, 0.2) is 35.4 Å². The molecule has 0 spiro atoms. The number of hydrogen-bond donors (Lipinski definition) is 4. The van der Waals surface area contributed by atoms with Crippen molar-refractivity contribution in [2.45, 2.75) is 56.4 Å². The van der Waals surface area contributed by atoms with Crippen LogP contribution in [-0.2, 0) is 4.74 Å². The molecular weight excluding hydrogens is 438 g/mol. The van der Waals surface area contributed by atoms with Gasteiger partial charge in [-0.3, -0.25) is 9.59 Å². The van der Waals surface area contributed by atoms with Crippen LogP contribution in [0.3, 0.4) is 0 Å². The molecule has 0 unspecified atom stereocenters. The van der Waals surface area contributed by atoms with Gasteiger partial charge in [0, 0.05) is 26.4 Å². The van der Waals surface area contributed by atoms with Gasteiger partial charge in [0.25, 0.3) is 11.5 Å². The number of nitrogens with zero attached hydrogens (tertiary/aromatic N) is 4. The van der Waals surface area contributed by atoms with Gasteiger partial charge in [-0.2, -0.15) is 9.61 Å². The maximum Gasteiger partial charge on any atom is 0.274 e. The summed E-state index contributed by atoms with van der Waals surface area (Å²) >= 11 is 0. The quantitative estimate of drug-likeness (QED) is 0.412. The Morgan fingerprint density at radius 1 is 1.32 bits per heavy atom. The molecule has 0 aliphatic heterocycles. The summed E-state index contributed by atoms with van der Waals surface area (Å²) in [5.74, 6) is 0.707. The number of methoxy groups -OCH3 is 1. The summed E-state index contributed by atoms with van der Waals surface area (Å²) in [5.41, 5.74) is 0.394. The van der Waals surface area contributed by atoms with Crippen molar-refractivity contribution in [3.63, 3.8) is 0 Å². The van der Waals surface area contributed by atoms with Gasteiger partial charge < -0.3 is 30.4 Å². The number of rotatable bonds is 7. The SMILES string of the molecule is CNc1cc(Nc2cccn([C@H]3CC[C@H]3O)c2=O)nc2c(C(=O)N[C@H]3CC[C@]3(C)OC)cnn12. The third-order valence-corrected chi connectivity index (χ3v) is 7.21. The molecule has 4 atom stereocenters. The molecule has 180 valence electrons. The molecule has 11 heteroatoms. The van der Waals surface area contributed by atoms with E-state index in [1.54, 1.807) is 47.6 Å². The molecule has 2 fully saturated rings. The van der Waals surface area contributed by atoms with Crippen molar-refractivity contribution >= 4 is 28.9 Å². The minimum Gasteiger partial charge on any atom is -0.391 e. The number of aliphatic hydroxyl groups is 1. The van der Waals surface area contributed by atoms with Crippen LogP contribution < -0.4 is 21.5 Å². The van der Waals surface area contributed by atoms with Gasteiger partial charge in [0.15, 0.2) is 5.65 Å². The van der Waals surface area contributed by atoms with Crippen molar-refractivity contribution in [1.29, 1.82) is 0 Å². The zero-order valence-electron chi connectivity index (χ0n) is 19.4. The van der Waals surface area contributed by atoms with E-state index in [4.69, 9.17) is 4.74 Å². The fraction of sp³-hybridized carbons (Fsp3) is 0.478. The molecule has 3 aromatic rings. The Hall–Kier alpha value is -3.44. The van der Waals surface area contributed by atoms with Gasteiger partial charge in [-0.15, -0.1) is 0 Å². The maximum absolute atomic E-state index is 13.1. The van der Waals surface area contributed by atoms with E-state index in [9.17, 15) is 14.7 Å². The fourth-order valence-corrected chi connectivity index (χ4v) is 4.56. The molecule has 2 aliphatic rings. The first-order chi connectivity index (χ1) is 16.3. The molecular formula is C23H29N7O4. The van der Waals surface area contributed by atoms with Gasteiger partial charge >= 0.3 is 0 Å². The number of anilines is 3. The van der Waals surface area contributed by atoms with Gasteiger partial charge in [-0.1, -0.05) is 0 Å². The number of pyridine rings is 1. The van der Waals surface area contributed by atoms with E-state index in [1.165, 1.54) is 6.20 Å². The van der Waals surface area contributed by atoms with Crippen LogP contribution in [0.5, 0.6) is 0 Å². The second-order valence-electron chi connectivity index (χ2n) is 9.12. The smallest absolute Gasteiger partial charge is 0.274 e. The van der Waals surface area contributed by atoms with Crippen molar-refractivity contribution in [3.05, 3.63) is 46.5 Å². The zero-order chi connectivity index (χ0) is 24.0. The number of fused-ring (bicyclic) bond motifs is 1. The number of aromatic nitrogens is 4. The standard InChI is InChI=1S/C23H29N7O4/c1-23(34-3)9-8-17(23)27-21(32)13-12-25-30-19(24-2)11-18(28-20(13)30)26-14-5-4-10-29(22(14)33)15-6-7-16(15)31/h4-5,10-12,15-17,24,31H,6-9H2,1-3H3,(H,26,28)(H,27,32)/t15-,16+,17-,23-/m0/s1. The van der Waals surface area contributed by atoms with Crippen LogP contribution in [0.25, 0.3) is 5.65 Å². The average molecular weight is 468 g/mol. The maximum atomic E-state index is 13.1. The Balaban J connectivity index is 1.46. The zero-order valence-corrected chi connectivity index (χ0v) is 19.4. The Morgan fingerprint density at radius 2 is 2.15 bits per heavy atom. The Bertz CT molecular complexity index is 1300. The molecule has 5 rings (SSSR count). The minimum atomic E-state index is -0.512. The second-order valence-corrected chi connectivity index (χ2v) is 9.12. The van der Waals surface area contributed by atoms with E-state index < -0.39 is 6.10 Å². The van der Waals surface area contributed by atoms with Crippen LogP contribution in [0.1, 0.15) is 49.0 Å². The van der Waals surface area contributed by atoms with E-state index >= 15 is 0 Å². The van der Waals surface area contributed by atoms with Crippen LogP contribution in [0.2, 0.25) is 0 Å². The summed E-state index contributed by atoms with van der Waals surface area (Å²) < 4.78 is 8.65. The number of amides is 1. The highest BCUT2D eigenvalue weighted by atomic mass is 16.5. The van der Waals surface area contributed by atoms with Crippen molar-refractivity contribution < 1.29 is 14.6 Å². The molecule has 3 aromatic heterocycles. The number of aliphatic hydroxyl groups excluding tert-OH is 1. The van der Waals surface area contributed by atoms with E-state index in [0.717, 1.165) is 19.3 Å². The summed E-state index contributed by atoms with van der Waals surface area (Å²) in [6.07, 6.45) is 5.83. The molecule has 0 radical (unpaired) electrons. The largest absolute Gasteiger partial charge is 0.391 e. The normalized spacial score (nSPS) is 25.9. The first-order valence-electron chi connectivity index (χ1n) is 11.4. The van der Waals surface area contributed by atoms with Gasteiger partial charge in [0.05, 0.1) is 30.0 Å². The van der Waals surface area contributed by atoms with E-state index in [-0.39, 0.29) is 29.2 Å². The number of carbonyl (C=O) groups is 1. The molecule has 4 N–H and O–H groups in total. The van der Waals surface area contributed by atoms with Gasteiger partial charge in [-0.25, -0.2) is 4.98 Å². The highest BCUT2D eigenvalue weighted by molar-refractivity contribution is 6.00. The second kappa shape index (κ2) is 8.41. The number of ether oxygens (including phenoxy) is 1. The Labute approximate surface area is 196 Å². The van der Waals surface area contributed by atoms with Crippen molar-refractivity contribution in [1.82, 2.24) is 24.5 Å². The summed E-state index contributed by atoms with van der Waals surface area (Å²) in [5, 5.41) is 23.5. The number of hydrogen-bond acceptors (Lipinski definition) is 8. The van der Waals surface area contributed by atoms with Gasteiger partial charge in [0.1, 0.15) is 22.9 Å². The molecule has 11 nitrogen and oxygen atoms in total. The highest BCUT2D eigenvalue weighted by Gasteiger charge is 2.44.